The molecular weight excluding hydrogens is 280 g/mol. The number of halogens is 1. The summed E-state index contributed by atoms with van der Waals surface area (Å²) in [6, 6.07) is 6.97. The predicted octanol–water partition coefficient (Wildman–Crippen LogP) is 1.17. The minimum atomic E-state index is -0.0237. The molecule has 0 spiro atoms. The minimum absolute atomic E-state index is 0.0237. The topological polar surface area (TPSA) is 50.8 Å². The van der Waals surface area contributed by atoms with E-state index in [0.29, 0.717) is 30.5 Å². The number of benzene rings is 1. The number of rotatable bonds is 5. The van der Waals surface area contributed by atoms with E-state index in [1.807, 2.05) is 7.05 Å². The van der Waals surface area contributed by atoms with Gasteiger partial charge in [0, 0.05) is 24.7 Å². The lowest BCUT2D eigenvalue weighted by atomic mass is 10.2. The molecule has 2 rings (SSSR count). The molecule has 0 aromatic heterocycles. The van der Waals surface area contributed by atoms with E-state index in [1.165, 1.54) is 0 Å². The second kappa shape index (κ2) is 7.47. The lowest BCUT2D eigenvalue weighted by molar-refractivity contribution is -0.140. The van der Waals surface area contributed by atoms with Crippen LogP contribution in [0, 0.1) is 0 Å². The average Bonchev–Trinajstić information content (AvgIpc) is 2.47. The Morgan fingerprint density at radius 3 is 2.95 bits per heavy atom. The third-order valence-corrected chi connectivity index (χ3v) is 3.35. The summed E-state index contributed by atoms with van der Waals surface area (Å²) in [6.45, 7) is 2.56. The smallest absolute Gasteiger partial charge is 0.260 e. The highest BCUT2D eigenvalue weighted by molar-refractivity contribution is 6.30. The number of amides is 1. The van der Waals surface area contributed by atoms with Crippen molar-refractivity contribution in [2.45, 2.75) is 6.10 Å². The monoisotopic (exact) mass is 298 g/mol. The van der Waals surface area contributed by atoms with Gasteiger partial charge < -0.3 is 19.7 Å². The van der Waals surface area contributed by atoms with Crippen LogP contribution in [0.5, 0.6) is 5.75 Å². The van der Waals surface area contributed by atoms with Crippen molar-refractivity contribution in [3.8, 4) is 5.75 Å². The van der Waals surface area contributed by atoms with E-state index in [9.17, 15) is 4.79 Å². The van der Waals surface area contributed by atoms with Crippen molar-refractivity contribution in [3.05, 3.63) is 29.3 Å². The van der Waals surface area contributed by atoms with Crippen molar-refractivity contribution in [2.24, 2.45) is 0 Å². The molecule has 1 heterocycles. The van der Waals surface area contributed by atoms with Gasteiger partial charge in [0.2, 0.25) is 0 Å². The van der Waals surface area contributed by atoms with Gasteiger partial charge in [0.25, 0.3) is 5.91 Å². The van der Waals surface area contributed by atoms with Gasteiger partial charge in [-0.3, -0.25) is 4.79 Å². The molecule has 0 bridgehead atoms. The van der Waals surface area contributed by atoms with Gasteiger partial charge in [0.1, 0.15) is 5.75 Å². The Hall–Kier alpha value is -1.30. The quantitative estimate of drug-likeness (QED) is 0.886. The molecule has 1 aromatic carbocycles. The second-order valence-corrected chi connectivity index (χ2v) is 5.07. The van der Waals surface area contributed by atoms with Crippen LogP contribution in [0.3, 0.4) is 0 Å². The van der Waals surface area contributed by atoms with Crippen molar-refractivity contribution >= 4 is 17.5 Å². The summed E-state index contributed by atoms with van der Waals surface area (Å²) in [5.41, 5.74) is 0. The molecular formula is C14H19ClN2O3. The molecule has 1 unspecified atom stereocenters. The fourth-order valence-corrected chi connectivity index (χ4v) is 2.19. The Kier molecular flexibility index (Phi) is 5.64. The number of carbonyl (C=O) groups excluding carboxylic acids is 1. The number of ether oxygens (including phenoxy) is 2. The Morgan fingerprint density at radius 1 is 1.50 bits per heavy atom. The number of hydrogen-bond donors (Lipinski definition) is 1. The SMILES string of the molecule is CNCC1CN(C(=O)COc2ccc(Cl)cc2)CCO1. The maximum Gasteiger partial charge on any atom is 0.260 e. The van der Waals surface area contributed by atoms with Gasteiger partial charge >= 0.3 is 0 Å². The van der Waals surface area contributed by atoms with E-state index in [2.05, 4.69) is 5.32 Å². The van der Waals surface area contributed by atoms with E-state index in [-0.39, 0.29) is 18.6 Å². The first kappa shape index (κ1) is 15.1. The number of morpholine rings is 1. The van der Waals surface area contributed by atoms with Crippen molar-refractivity contribution in [1.82, 2.24) is 10.2 Å². The van der Waals surface area contributed by atoms with Gasteiger partial charge in [-0.1, -0.05) is 11.6 Å². The lowest BCUT2D eigenvalue weighted by Gasteiger charge is -2.32. The van der Waals surface area contributed by atoms with Crippen LogP contribution >= 0.6 is 11.6 Å². The van der Waals surface area contributed by atoms with E-state index < -0.39 is 0 Å². The summed E-state index contributed by atoms with van der Waals surface area (Å²) in [5.74, 6) is 0.618. The van der Waals surface area contributed by atoms with Crippen molar-refractivity contribution in [2.75, 3.05) is 39.9 Å². The van der Waals surface area contributed by atoms with Gasteiger partial charge in [-0.25, -0.2) is 0 Å². The van der Waals surface area contributed by atoms with Crippen LogP contribution < -0.4 is 10.1 Å². The largest absolute Gasteiger partial charge is 0.484 e. The number of likely N-dealkylation sites (N-methyl/N-ethyl adjacent to an activating group) is 1. The average molecular weight is 299 g/mol. The standard InChI is InChI=1S/C14H19ClN2O3/c1-16-8-13-9-17(6-7-19-13)14(18)10-20-12-4-2-11(15)3-5-12/h2-5,13,16H,6-10H2,1H3. The second-order valence-electron chi connectivity index (χ2n) is 4.63. The molecule has 1 N–H and O–H groups in total. The van der Waals surface area contributed by atoms with Gasteiger partial charge in [0.05, 0.1) is 12.7 Å². The molecule has 5 nitrogen and oxygen atoms in total. The predicted molar refractivity (Wildman–Crippen MR) is 77.2 cm³/mol. The molecule has 6 heteroatoms. The Balaban J connectivity index is 1.80. The van der Waals surface area contributed by atoms with Crippen LogP contribution in [0.15, 0.2) is 24.3 Å². The third kappa shape index (κ3) is 4.37. The van der Waals surface area contributed by atoms with E-state index >= 15 is 0 Å². The van der Waals surface area contributed by atoms with Crippen LogP contribution in [-0.4, -0.2) is 56.8 Å². The minimum Gasteiger partial charge on any atom is -0.484 e. The zero-order valence-electron chi connectivity index (χ0n) is 11.5. The number of hydrogen-bond acceptors (Lipinski definition) is 4. The van der Waals surface area contributed by atoms with E-state index in [0.717, 1.165) is 6.54 Å². The first-order valence-electron chi connectivity index (χ1n) is 6.61. The number of nitrogens with zero attached hydrogens (tertiary/aromatic N) is 1. The molecule has 1 aromatic rings. The summed E-state index contributed by atoms with van der Waals surface area (Å²) in [4.78, 5) is 13.9. The number of carbonyl (C=O) groups is 1. The maximum absolute atomic E-state index is 12.1. The molecule has 1 amide bonds. The summed E-state index contributed by atoms with van der Waals surface area (Å²) in [6.07, 6.45) is 0.0493. The van der Waals surface area contributed by atoms with Crippen LogP contribution in [-0.2, 0) is 9.53 Å². The third-order valence-electron chi connectivity index (χ3n) is 3.10. The molecule has 0 radical (unpaired) electrons. The molecule has 20 heavy (non-hydrogen) atoms. The molecule has 1 aliphatic rings. The molecule has 0 aliphatic carbocycles. The summed E-state index contributed by atoms with van der Waals surface area (Å²) < 4.78 is 11.0. The highest BCUT2D eigenvalue weighted by Gasteiger charge is 2.23. The highest BCUT2D eigenvalue weighted by atomic mass is 35.5. The van der Waals surface area contributed by atoms with Crippen molar-refractivity contribution in [3.63, 3.8) is 0 Å². The zero-order valence-corrected chi connectivity index (χ0v) is 12.2. The fraction of sp³-hybridized carbons (Fsp3) is 0.500. The zero-order chi connectivity index (χ0) is 14.4. The van der Waals surface area contributed by atoms with E-state index in [1.54, 1.807) is 29.2 Å². The Labute approximate surface area is 123 Å². The van der Waals surface area contributed by atoms with Gasteiger partial charge in [-0.2, -0.15) is 0 Å². The van der Waals surface area contributed by atoms with Gasteiger partial charge in [-0.15, -0.1) is 0 Å². The van der Waals surface area contributed by atoms with Crippen molar-refractivity contribution in [1.29, 1.82) is 0 Å². The van der Waals surface area contributed by atoms with Gasteiger partial charge in [0.15, 0.2) is 6.61 Å². The molecule has 1 aliphatic heterocycles. The van der Waals surface area contributed by atoms with Crippen LogP contribution in [0.25, 0.3) is 0 Å². The molecule has 1 fully saturated rings. The van der Waals surface area contributed by atoms with E-state index in [4.69, 9.17) is 21.1 Å². The number of nitrogens with one attached hydrogen (secondary N) is 1. The lowest BCUT2D eigenvalue weighted by Crippen LogP contribution is -2.49. The van der Waals surface area contributed by atoms with Crippen LogP contribution in [0.2, 0.25) is 5.02 Å². The normalized spacial score (nSPS) is 18.9. The van der Waals surface area contributed by atoms with Crippen molar-refractivity contribution < 1.29 is 14.3 Å². The molecule has 110 valence electrons. The Bertz CT molecular complexity index is 437. The summed E-state index contributed by atoms with van der Waals surface area (Å²) in [5, 5.41) is 3.70. The molecule has 1 atom stereocenters. The summed E-state index contributed by atoms with van der Waals surface area (Å²) in [7, 11) is 1.87. The first-order valence-corrected chi connectivity index (χ1v) is 6.99. The maximum atomic E-state index is 12.1. The fourth-order valence-electron chi connectivity index (χ4n) is 2.06. The first-order chi connectivity index (χ1) is 9.69. The van der Waals surface area contributed by atoms with Crippen LogP contribution in [0.4, 0.5) is 0 Å². The molecule has 0 saturated carbocycles. The summed E-state index contributed by atoms with van der Waals surface area (Å²) >= 11 is 5.79. The highest BCUT2D eigenvalue weighted by Crippen LogP contribution is 2.15. The Morgan fingerprint density at radius 2 is 2.25 bits per heavy atom. The molecule has 1 saturated heterocycles. The van der Waals surface area contributed by atoms with Gasteiger partial charge in [-0.05, 0) is 31.3 Å². The van der Waals surface area contributed by atoms with Crippen LogP contribution in [0.1, 0.15) is 0 Å².